The molecule has 128 valence electrons. The lowest BCUT2D eigenvalue weighted by atomic mass is 9.96. The quantitative estimate of drug-likeness (QED) is 0.893. The molecule has 24 heavy (non-hydrogen) atoms. The van der Waals surface area contributed by atoms with E-state index in [0.29, 0.717) is 29.5 Å². The number of nitrogens with zero attached hydrogens (tertiary/aromatic N) is 2. The first-order valence-electron chi connectivity index (χ1n) is 8.40. The molecule has 1 N–H and O–H groups in total. The number of nitrogens with one attached hydrogen (secondary N) is 1. The van der Waals surface area contributed by atoms with Crippen LogP contribution in [0.3, 0.4) is 0 Å². The van der Waals surface area contributed by atoms with Gasteiger partial charge in [-0.3, -0.25) is 4.79 Å². The predicted molar refractivity (Wildman–Crippen MR) is 93.7 cm³/mol. The van der Waals surface area contributed by atoms with Crippen molar-refractivity contribution in [3.8, 4) is 5.75 Å². The molecular weight excluding hydrogens is 326 g/mol. The Balaban J connectivity index is 1.70. The lowest BCUT2D eigenvalue weighted by molar-refractivity contribution is 0.0704. The second-order valence-electron chi connectivity index (χ2n) is 6.06. The van der Waals surface area contributed by atoms with Gasteiger partial charge < -0.3 is 14.6 Å². The average Bonchev–Trinajstić information content (AvgIpc) is 3.15. The maximum atomic E-state index is 12.8. The highest BCUT2D eigenvalue weighted by atomic mass is 35.5. The van der Waals surface area contributed by atoms with Crippen LogP contribution >= 0.6 is 11.6 Å². The van der Waals surface area contributed by atoms with Crippen molar-refractivity contribution in [3.63, 3.8) is 0 Å². The van der Waals surface area contributed by atoms with E-state index in [4.69, 9.17) is 16.3 Å². The SMILES string of the molecule is CCCOc1ccc(C(=O)N2CCC[C@@H](c3ncc[nH]3)C2)cc1Cl. The molecule has 1 aliphatic heterocycles. The first kappa shape index (κ1) is 16.8. The fourth-order valence-electron chi connectivity index (χ4n) is 3.03. The molecule has 0 radical (unpaired) electrons. The highest BCUT2D eigenvalue weighted by molar-refractivity contribution is 6.32. The van der Waals surface area contributed by atoms with Crippen LogP contribution in [0.4, 0.5) is 0 Å². The van der Waals surface area contributed by atoms with Crippen LogP contribution in [0.1, 0.15) is 48.3 Å². The summed E-state index contributed by atoms with van der Waals surface area (Å²) in [5.74, 6) is 1.85. The summed E-state index contributed by atoms with van der Waals surface area (Å²) in [7, 11) is 0. The highest BCUT2D eigenvalue weighted by Gasteiger charge is 2.27. The summed E-state index contributed by atoms with van der Waals surface area (Å²) in [6.45, 7) is 4.10. The summed E-state index contributed by atoms with van der Waals surface area (Å²) < 4.78 is 5.56. The summed E-state index contributed by atoms with van der Waals surface area (Å²) in [6.07, 6.45) is 6.51. The van der Waals surface area contributed by atoms with Crippen LogP contribution in [0, 0.1) is 0 Å². The molecule has 1 atom stereocenters. The highest BCUT2D eigenvalue weighted by Crippen LogP contribution is 2.28. The number of imidazole rings is 1. The molecule has 0 spiro atoms. The van der Waals surface area contributed by atoms with Crippen LogP contribution in [-0.2, 0) is 0 Å². The maximum Gasteiger partial charge on any atom is 0.253 e. The molecule has 1 aromatic heterocycles. The molecule has 2 heterocycles. The van der Waals surface area contributed by atoms with E-state index in [0.717, 1.165) is 31.6 Å². The van der Waals surface area contributed by atoms with E-state index in [9.17, 15) is 4.79 Å². The number of piperidine rings is 1. The monoisotopic (exact) mass is 347 g/mol. The Morgan fingerprint density at radius 2 is 2.38 bits per heavy atom. The van der Waals surface area contributed by atoms with Gasteiger partial charge >= 0.3 is 0 Å². The largest absolute Gasteiger partial charge is 0.492 e. The Morgan fingerprint density at radius 1 is 1.50 bits per heavy atom. The van der Waals surface area contributed by atoms with Crippen molar-refractivity contribution in [2.75, 3.05) is 19.7 Å². The van der Waals surface area contributed by atoms with Crippen LogP contribution in [-0.4, -0.2) is 40.5 Å². The second-order valence-corrected chi connectivity index (χ2v) is 6.47. The van der Waals surface area contributed by atoms with Crippen LogP contribution in [0.5, 0.6) is 5.75 Å². The minimum absolute atomic E-state index is 0.00944. The van der Waals surface area contributed by atoms with Crippen molar-refractivity contribution >= 4 is 17.5 Å². The molecule has 1 aromatic carbocycles. The van der Waals surface area contributed by atoms with E-state index in [1.165, 1.54) is 0 Å². The van der Waals surface area contributed by atoms with Gasteiger partial charge in [0.1, 0.15) is 11.6 Å². The van der Waals surface area contributed by atoms with Gasteiger partial charge in [-0.2, -0.15) is 0 Å². The molecule has 6 heteroatoms. The molecule has 0 aliphatic carbocycles. The molecule has 0 bridgehead atoms. The number of hydrogen-bond acceptors (Lipinski definition) is 3. The number of rotatable bonds is 5. The van der Waals surface area contributed by atoms with Gasteiger partial charge in [-0.1, -0.05) is 18.5 Å². The molecular formula is C18H22ClN3O2. The van der Waals surface area contributed by atoms with Crippen molar-refractivity contribution in [2.45, 2.75) is 32.1 Å². The minimum Gasteiger partial charge on any atom is -0.492 e. The van der Waals surface area contributed by atoms with Crippen LogP contribution in [0.15, 0.2) is 30.6 Å². The van der Waals surface area contributed by atoms with Gasteiger partial charge in [-0.05, 0) is 37.5 Å². The summed E-state index contributed by atoms with van der Waals surface area (Å²) in [5, 5.41) is 0.480. The lowest BCUT2D eigenvalue weighted by Gasteiger charge is -2.32. The van der Waals surface area contributed by atoms with Crippen LogP contribution < -0.4 is 4.74 Å². The predicted octanol–water partition coefficient (Wildman–Crippen LogP) is 3.87. The zero-order valence-electron chi connectivity index (χ0n) is 13.8. The smallest absolute Gasteiger partial charge is 0.253 e. The second kappa shape index (κ2) is 7.71. The van der Waals surface area contributed by atoms with Crippen molar-refractivity contribution < 1.29 is 9.53 Å². The third-order valence-corrected chi connectivity index (χ3v) is 4.55. The zero-order chi connectivity index (χ0) is 16.9. The van der Waals surface area contributed by atoms with E-state index in [-0.39, 0.29) is 11.8 Å². The summed E-state index contributed by atoms with van der Waals surface area (Å²) >= 11 is 6.25. The fraction of sp³-hybridized carbons (Fsp3) is 0.444. The zero-order valence-corrected chi connectivity index (χ0v) is 14.6. The summed E-state index contributed by atoms with van der Waals surface area (Å²) in [4.78, 5) is 22.2. The molecule has 1 aliphatic rings. The van der Waals surface area contributed by atoms with Gasteiger partial charge in [-0.15, -0.1) is 0 Å². The van der Waals surface area contributed by atoms with Gasteiger partial charge in [0.2, 0.25) is 0 Å². The molecule has 1 fully saturated rings. The van der Waals surface area contributed by atoms with Crippen molar-refractivity contribution in [3.05, 3.63) is 47.0 Å². The van der Waals surface area contributed by atoms with Gasteiger partial charge in [0, 0.05) is 37.0 Å². The average molecular weight is 348 g/mol. The number of hydrogen-bond donors (Lipinski definition) is 1. The van der Waals surface area contributed by atoms with Gasteiger partial charge in [-0.25, -0.2) is 4.98 Å². The Labute approximate surface area is 147 Å². The van der Waals surface area contributed by atoms with E-state index >= 15 is 0 Å². The Bertz CT molecular complexity index is 688. The number of carbonyl (C=O) groups excluding carboxylic acids is 1. The maximum absolute atomic E-state index is 12.8. The first-order chi connectivity index (χ1) is 11.7. The number of aromatic nitrogens is 2. The third-order valence-electron chi connectivity index (χ3n) is 4.26. The Hall–Kier alpha value is -2.01. The van der Waals surface area contributed by atoms with Crippen molar-refractivity contribution in [1.82, 2.24) is 14.9 Å². The van der Waals surface area contributed by atoms with Gasteiger partial charge in [0.05, 0.1) is 11.6 Å². The number of carbonyl (C=O) groups is 1. The molecule has 1 amide bonds. The van der Waals surface area contributed by atoms with Crippen molar-refractivity contribution in [2.24, 2.45) is 0 Å². The minimum atomic E-state index is 0.00944. The van der Waals surface area contributed by atoms with Gasteiger partial charge in [0.25, 0.3) is 5.91 Å². The van der Waals surface area contributed by atoms with Crippen LogP contribution in [0.25, 0.3) is 0 Å². The number of ether oxygens (including phenoxy) is 1. The van der Waals surface area contributed by atoms with E-state index in [2.05, 4.69) is 9.97 Å². The first-order valence-corrected chi connectivity index (χ1v) is 8.77. The molecule has 2 aromatic rings. The summed E-state index contributed by atoms with van der Waals surface area (Å²) in [5.41, 5.74) is 0.601. The third kappa shape index (κ3) is 3.73. The van der Waals surface area contributed by atoms with Gasteiger partial charge in [0.15, 0.2) is 0 Å². The molecule has 3 rings (SSSR count). The molecule has 1 saturated heterocycles. The molecule has 0 unspecified atom stereocenters. The van der Waals surface area contributed by atoms with E-state index < -0.39 is 0 Å². The fourth-order valence-corrected chi connectivity index (χ4v) is 3.27. The van der Waals surface area contributed by atoms with E-state index in [1.807, 2.05) is 18.0 Å². The number of benzene rings is 1. The lowest BCUT2D eigenvalue weighted by Crippen LogP contribution is -2.39. The number of aromatic amines is 1. The molecule has 0 saturated carbocycles. The Kier molecular flexibility index (Phi) is 5.41. The number of halogens is 1. The number of amides is 1. The van der Waals surface area contributed by atoms with E-state index in [1.54, 1.807) is 24.4 Å². The topological polar surface area (TPSA) is 58.2 Å². The standard InChI is InChI=1S/C18H22ClN3O2/c1-2-10-24-16-6-5-13(11-15(16)19)18(23)22-9-3-4-14(12-22)17-20-7-8-21-17/h5-8,11,14H,2-4,9-10,12H2,1H3,(H,20,21)/t14-/m1/s1. The Morgan fingerprint density at radius 3 is 3.08 bits per heavy atom. The normalized spacial score (nSPS) is 17.8. The number of H-pyrrole nitrogens is 1. The number of likely N-dealkylation sites (tertiary alicyclic amines) is 1. The van der Waals surface area contributed by atoms with Crippen LogP contribution in [0.2, 0.25) is 5.02 Å². The molecule has 5 nitrogen and oxygen atoms in total. The summed E-state index contributed by atoms with van der Waals surface area (Å²) in [6, 6.07) is 5.26. The van der Waals surface area contributed by atoms with Crippen molar-refractivity contribution in [1.29, 1.82) is 0 Å².